The molecule has 1 aliphatic rings. The van der Waals surface area contributed by atoms with Gasteiger partial charge in [0.15, 0.2) is 0 Å². The maximum atomic E-state index is 13.3. The first-order chi connectivity index (χ1) is 9.41. The summed E-state index contributed by atoms with van der Waals surface area (Å²) in [7, 11) is 0. The summed E-state index contributed by atoms with van der Waals surface area (Å²) in [6.45, 7) is 7.94. The van der Waals surface area contributed by atoms with Crippen LogP contribution in [0.25, 0.3) is 0 Å². The average Bonchev–Trinajstić information content (AvgIpc) is 2.43. The van der Waals surface area contributed by atoms with Crippen LogP contribution in [0.2, 0.25) is 0 Å². The lowest BCUT2D eigenvalue weighted by atomic mass is 9.70. The standard InChI is InChI=1S/C17H24FNO/c1-12-6-7-15(18)9-13(12)10-16(20)17(2,3)14-5-4-8-19-11-14/h6-7,9,14,19H,4-5,8,10-11H2,1-3H3. The van der Waals surface area contributed by atoms with Crippen LogP contribution in [0.1, 0.15) is 37.8 Å². The van der Waals surface area contributed by atoms with Crippen LogP contribution in [0.3, 0.4) is 0 Å². The SMILES string of the molecule is Cc1ccc(F)cc1CC(=O)C(C)(C)C1CCCNC1. The molecule has 1 aliphatic heterocycles. The maximum Gasteiger partial charge on any atom is 0.143 e. The van der Waals surface area contributed by atoms with Crippen LogP contribution >= 0.6 is 0 Å². The molecule has 1 heterocycles. The molecule has 1 aromatic carbocycles. The van der Waals surface area contributed by atoms with E-state index in [2.05, 4.69) is 5.32 Å². The number of Topliss-reactive ketones (excluding diaryl/α,β-unsaturated/α-hetero) is 1. The van der Waals surface area contributed by atoms with Gasteiger partial charge in [-0.2, -0.15) is 0 Å². The molecule has 1 N–H and O–H groups in total. The van der Waals surface area contributed by atoms with Crippen molar-refractivity contribution >= 4 is 5.78 Å². The Labute approximate surface area is 120 Å². The number of hydrogen-bond acceptors (Lipinski definition) is 2. The number of aryl methyl sites for hydroxylation is 1. The van der Waals surface area contributed by atoms with Crippen LogP contribution < -0.4 is 5.32 Å². The molecule has 0 amide bonds. The van der Waals surface area contributed by atoms with Crippen molar-refractivity contribution in [2.45, 2.75) is 40.0 Å². The van der Waals surface area contributed by atoms with E-state index < -0.39 is 0 Å². The first-order valence-corrected chi connectivity index (χ1v) is 7.40. The van der Waals surface area contributed by atoms with Gasteiger partial charge in [-0.05, 0) is 62.0 Å². The molecule has 1 aromatic rings. The molecule has 0 radical (unpaired) electrons. The van der Waals surface area contributed by atoms with Crippen LogP contribution in [0.5, 0.6) is 0 Å². The molecule has 0 aromatic heterocycles. The van der Waals surface area contributed by atoms with Crippen molar-refractivity contribution in [1.82, 2.24) is 5.32 Å². The molecule has 0 saturated carbocycles. The summed E-state index contributed by atoms with van der Waals surface area (Å²) in [5.41, 5.74) is 1.44. The van der Waals surface area contributed by atoms with Gasteiger partial charge in [-0.1, -0.05) is 19.9 Å². The molecule has 0 aliphatic carbocycles. The average molecular weight is 277 g/mol. The molecule has 1 saturated heterocycles. The van der Waals surface area contributed by atoms with E-state index in [1.165, 1.54) is 12.1 Å². The molecule has 1 fully saturated rings. The molecule has 3 heteroatoms. The van der Waals surface area contributed by atoms with Gasteiger partial charge in [-0.25, -0.2) is 4.39 Å². The second-order valence-electron chi connectivity index (χ2n) is 6.44. The van der Waals surface area contributed by atoms with Gasteiger partial charge in [-0.15, -0.1) is 0 Å². The van der Waals surface area contributed by atoms with Gasteiger partial charge in [0.1, 0.15) is 11.6 Å². The van der Waals surface area contributed by atoms with Crippen molar-refractivity contribution in [2.75, 3.05) is 13.1 Å². The molecule has 1 unspecified atom stereocenters. The van der Waals surface area contributed by atoms with Crippen molar-refractivity contribution < 1.29 is 9.18 Å². The highest BCUT2D eigenvalue weighted by atomic mass is 19.1. The van der Waals surface area contributed by atoms with Crippen LogP contribution in [-0.2, 0) is 11.2 Å². The lowest BCUT2D eigenvalue weighted by Gasteiger charge is -2.36. The molecule has 0 bridgehead atoms. The normalized spacial score (nSPS) is 19.9. The highest BCUT2D eigenvalue weighted by Crippen LogP contribution is 2.34. The third-order valence-corrected chi connectivity index (χ3v) is 4.70. The van der Waals surface area contributed by atoms with Crippen LogP contribution in [0.4, 0.5) is 4.39 Å². The Balaban J connectivity index is 2.11. The summed E-state index contributed by atoms with van der Waals surface area (Å²) in [5.74, 6) is 0.313. The van der Waals surface area contributed by atoms with Crippen molar-refractivity contribution in [3.05, 3.63) is 35.1 Å². The first kappa shape index (κ1) is 15.2. The number of halogens is 1. The zero-order valence-electron chi connectivity index (χ0n) is 12.6. The molecular weight excluding hydrogens is 253 g/mol. The minimum atomic E-state index is -0.355. The Morgan fingerprint density at radius 3 is 2.85 bits per heavy atom. The zero-order chi connectivity index (χ0) is 14.8. The molecular formula is C17H24FNO. The number of rotatable bonds is 4. The quantitative estimate of drug-likeness (QED) is 0.915. The van der Waals surface area contributed by atoms with Gasteiger partial charge < -0.3 is 5.32 Å². The van der Waals surface area contributed by atoms with E-state index in [9.17, 15) is 9.18 Å². The number of carbonyl (C=O) groups excluding carboxylic acids is 1. The number of nitrogens with one attached hydrogen (secondary N) is 1. The lowest BCUT2D eigenvalue weighted by Crippen LogP contribution is -2.43. The summed E-state index contributed by atoms with van der Waals surface area (Å²) in [5, 5.41) is 3.37. The summed E-state index contributed by atoms with van der Waals surface area (Å²) >= 11 is 0. The third-order valence-electron chi connectivity index (χ3n) is 4.70. The van der Waals surface area contributed by atoms with E-state index in [1.807, 2.05) is 20.8 Å². The largest absolute Gasteiger partial charge is 0.316 e. The van der Waals surface area contributed by atoms with Gasteiger partial charge >= 0.3 is 0 Å². The fourth-order valence-electron chi connectivity index (χ4n) is 2.93. The van der Waals surface area contributed by atoms with Gasteiger partial charge in [0.2, 0.25) is 0 Å². The second kappa shape index (κ2) is 6.04. The fourth-order valence-corrected chi connectivity index (χ4v) is 2.93. The number of hydrogen-bond donors (Lipinski definition) is 1. The van der Waals surface area contributed by atoms with E-state index >= 15 is 0 Å². The minimum absolute atomic E-state index is 0.208. The van der Waals surface area contributed by atoms with Gasteiger partial charge in [0.25, 0.3) is 0 Å². The molecule has 2 rings (SSSR count). The highest BCUT2D eigenvalue weighted by Gasteiger charge is 2.36. The van der Waals surface area contributed by atoms with Gasteiger partial charge in [0, 0.05) is 11.8 Å². The molecule has 20 heavy (non-hydrogen) atoms. The molecule has 110 valence electrons. The minimum Gasteiger partial charge on any atom is -0.316 e. The van der Waals surface area contributed by atoms with Gasteiger partial charge in [0.05, 0.1) is 0 Å². The maximum absolute atomic E-state index is 13.3. The Morgan fingerprint density at radius 1 is 1.45 bits per heavy atom. The smallest absolute Gasteiger partial charge is 0.143 e. The first-order valence-electron chi connectivity index (χ1n) is 7.40. The Bertz CT molecular complexity index is 490. The Hall–Kier alpha value is -1.22. The van der Waals surface area contributed by atoms with E-state index in [4.69, 9.17) is 0 Å². The lowest BCUT2D eigenvalue weighted by molar-refractivity contribution is -0.129. The molecule has 0 spiro atoms. The monoisotopic (exact) mass is 277 g/mol. The van der Waals surface area contributed by atoms with E-state index in [0.717, 1.165) is 37.1 Å². The van der Waals surface area contributed by atoms with E-state index in [1.54, 1.807) is 6.07 Å². The van der Waals surface area contributed by atoms with Crippen LogP contribution in [0.15, 0.2) is 18.2 Å². The number of carbonyl (C=O) groups is 1. The summed E-state index contributed by atoms with van der Waals surface area (Å²) in [6.07, 6.45) is 2.54. The van der Waals surface area contributed by atoms with Crippen molar-refractivity contribution in [1.29, 1.82) is 0 Å². The Morgan fingerprint density at radius 2 is 2.20 bits per heavy atom. The number of piperidine rings is 1. The molecule has 1 atom stereocenters. The van der Waals surface area contributed by atoms with Crippen molar-refractivity contribution in [3.8, 4) is 0 Å². The number of ketones is 1. The number of benzene rings is 1. The van der Waals surface area contributed by atoms with Crippen molar-refractivity contribution in [3.63, 3.8) is 0 Å². The highest BCUT2D eigenvalue weighted by molar-refractivity contribution is 5.86. The van der Waals surface area contributed by atoms with Crippen LogP contribution in [0, 0.1) is 24.1 Å². The van der Waals surface area contributed by atoms with Gasteiger partial charge in [-0.3, -0.25) is 4.79 Å². The summed E-state index contributed by atoms with van der Waals surface area (Å²) in [4.78, 5) is 12.6. The predicted octanol–water partition coefficient (Wildman–Crippen LogP) is 3.27. The summed E-state index contributed by atoms with van der Waals surface area (Å²) < 4.78 is 13.3. The topological polar surface area (TPSA) is 29.1 Å². The zero-order valence-corrected chi connectivity index (χ0v) is 12.6. The van der Waals surface area contributed by atoms with E-state index in [-0.39, 0.29) is 17.0 Å². The van der Waals surface area contributed by atoms with E-state index in [0.29, 0.717) is 12.3 Å². The third kappa shape index (κ3) is 3.26. The fraction of sp³-hybridized carbons (Fsp3) is 0.588. The van der Waals surface area contributed by atoms with Crippen LogP contribution in [-0.4, -0.2) is 18.9 Å². The summed E-state index contributed by atoms with van der Waals surface area (Å²) in [6, 6.07) is 4.68. The molecule has 2 nitrogen and oxygen atoms in total. The second-order valence-corrected chi connectivity index (χ2v) is 6.44. The van der Waals surface area contributed by atoms with Crippen molar-refractivity contribution in [2.24, 2.45) is 11.3 Å². The Kier molecular flexibility index (Phi) is 4.59. The predicted molar refractivity (Wildman–Crippen MR) is 79.2 cm³/mol.